The highest BCUT2D eigenvalue weighted by atomic mass is 16.1. The van der Waals surface area contributed by atoms with Crippen LogP contribution in [0.2, 0.25) is 0 Å². The van der Waals surface area contributed by atoms with Gasteiger partial charge in [-0.3, -0.25) is 4.79 Å². The van der Waals surface area contributed by atoms with E-state index >= 15 is 0 Å². The van der Waals surface area contributed by atoms with Crippen molar-refractivity contribution in [2.75, 3.05) is 33.2 Å². The lowest BCUT2D eigenvalue weighted by atomic mass is 9.95. The molecule has 0 aromatic carbocycles. The number of hydrogen-bond donors (Lipinski definition) is 1. The maximum atomic E-state index is 10.7. The number of nitrogens with one attached hydrogen (secondary N) is 1. The van der Waals surface area contributed by atoms with Crippen LogP contribution in [0, 0.1) is 5.92 Å². The number of hydrogen-bond acceptors (Lipinski definition) is 3. The summed E-state index contributed by atoms with van der Waals surface area (Å²) in [6.07, 6.45) is 4.64. The standard InChI is InChI=1S/C12H24N2O/c1-11(15)5-7-13-8-6-12-4-3-9-14(2)10-12/h12-13H,3-10H2,1-2H3. The van der Waals surface area contributed by atoms with Crippen molar-refractivity contribution in [2.24, 2.45) is 5.92 Å². The van der Waals surface area contributed by atoms with Gasteiger partial charge >= 0.3 is 0 Å². The fraction of sp³-hybridized carbons (Fsp3) is 0.917. The third-order valence-corrected chi connectivity index (χ3v) is 3.11. The van der Waals surface area contributed by atoms with Crippen molar-refractivity contribution in [1.82, 2.24) is 10.2 Å². The van der Waals surface area contributed by atoms with E-state index in [-0.39, 0.29) is 5.78 Å². The molecule has 3 nitrogen and oxygen atoms in total. The Balaban J connectivity index is 1.97. The number of likely N-dealkylation sites (tertiary alicyclic amines) is 1. The van der Waals surface area contributed by atoms with Crippen molar-refractivity contribution in [3.63, 3.8) is 0 Å². The maximum absolute atomic E-state index is 10.7. The van der Waals surface area contributed by atoms with Crippen LogP contribution < -0.4 is 5.32 Å². The van der Waals surface area contributed by atoms with Gasteiger partial charge in [0, 0.05) is 19.5 Å². The summed E-state index contributed by atoms with van der Waals surface area (Å²) in [5.41, 5.74) is 0. The predicted octanol–water partition coefficient (Wildman–Crippen LogP) is 1.29. The average Bonchev–Trinajstić information content (AvgIpc) is 2.17. The first kappa shape index (κ1) is 12.7. The van der Waals surface area contributed by atoms with Crippen LogP contribution in [0.5, 0.6) is 0 Å². The molecule has 0 bridgehead atoms. The molecular weight excluding hydrogens is 188 g/mol. The summed E-state index contributed by atoms with van der Waals surface area (Å²) in [7, 11) is 2.20. The van der Waals surface area contributed by atoms with E-state index in [0.29, 0.717) is 6.42 Å². The normalized spacial score (nSPS) is 22.9. The summed E-state index contributed by atoms with van der Waals surface area (Å²) in [5, 5.41) is 3.34. The van der Waals surface area contributed by atoms with Crippen molar-refractivity contribution in [2.45, 2.75) is 32.6 Å². The van der Waals surface area contributed by atoms with Crippen molar-refractivity contribution in [3.05, 3.63) is 0 Å². The lowest BCUT2D eigenvalue weighted by Gasteiger charge is -2.29. The highest BCUT2D eigenvalue weighted by Gasteiger charge is 2.16. The summed E-state index contributed by atoms with van der Waals surface area (Å²) < 4.78 is 0. The van der Waals surface area contributed by atoms with Gasteiger partial charge in [0.25, 0.3) is 0 Å². The van der Waals surface area contributed by atoms with Crippen molar-refractivity contribution in [1.29, 1.82) is 0 Å². The second-order valence-corrected chi connectivity index (χ2v) is 4.76. The Labute approximate surface area is 93.2 Å². The second-order valence-electron chi connectivity index (χ2n) is 4.76. The van der Waals surface area contributed by atoms with Gasteiger partial charge in [0.15, 0.2) is 0 Å². The van der Waals surface area contributed by atoms with Gasteiger partial charge in [-0.05, 0) is 52.2 Å². The van der Waals surface area contributed by atoms with Crippen LogP contribution in [-0.2, 0) is 4.79 Å². The number of carbonyl (C=O) groups excluding carboxylic acids is 1. The minimum atomic E-state index is 0.278. The first-order valence-electron chi connectivity index (χ1n) is 6.07. The van der Waals surface area contributed by atoms with Gasteiger partial charge < -0.3 is 10.2 Å². The number of Topliss-reactive ketones (excluding diaryl/α,β-unsaturated/α-hetero) is 1. The molecule has 1 atom stereocenters. The minimum Gasteiger partial charge on any atom is -0.316 e. The van der Waals surface area contributed by atoms with Crippen molar-refractivity contribution >= 4 is 5.78 Å². The highest BCUT2D eigenvalue weighted by Crippen LogP contribution is 2.17. The lowest BCUT2D eigenvalue weighted by Crippen LogP contribution is -2.33. The van der Waals surface area contributed by atoms with Gasteiger partial charge in [-0.1, -0.05) is 0 Å². The van der Waals surface area contributed by atoms with Crippen molar-refractivity contribution < 1.29 is 4.79 Å². The monoisotopic (exact) mass is 212 g/mol. The molecule has 0 spiro atoms. The van der Waals surface area contributed by atoms with Gasteiger partial charge in [-0.25, -0.2) is 0 Å². The molecule has 3 heteroatoms. The molecule has 0 amide bonds. The topological polar surface area (TPSA) is 32.3 Å². The molecule has 1 N–H and O–H groups in total. The summed E-state index contributed by atoms with van der Waals surface area (Å²) in [5.74, 6) is 1.13. The highest BCUT2D eigenvalue weighted by molar-refractivity contribution is 5.75. The van der Waals surface area contributed by atoms with Gasteiger partial charge in [0.05, 0.1) is 0 Å². The molecule has 1 aliphatic heterocycles. The SMILES string of the molecule is CC(=O)CCNCCC1CCCN(C)C1. The zero-order valence-electron chi connectivity index (χ0n) is 10.1. The van der Waals surface area contributed by atoms with Crippen LogP contribution >= 0.6 is 0 Å². The molecule has 0 saturated carbocycles. The summed E-state index contributed by atoms with van der Waals surface area (Å²) >= 11 is 0. The molecule has 1 saturated heterocycles. The summed E-state index contributed by atoms with van der Waals surface area (Å²) in [4.78, 5) is 13.1. The van der Waals surface area contributed by atoms with Crippen molar-refractivity contribution in [3.8, 4) is 0 Å². The fourth-order valence-electron chi connectivity index (χ4n) is 2.20. The third-order valence-electron chi connectivity index (χ3n) is 3.11. The van der Waals surface area contributed by atoms with Crippen LogP contribution in [0.15, 0.2) is 0 Å². The summed E-state index contributed by atoms with van der Waals surface area (Å²) in [6.45, 7) is 6.06. The number of carbonyl (C=O) groups is 1. The Morgan fingerprint density at radius 2 is 2.27 bits per heavy atom. The Morgan fingerprint density at radius 1 is 1.47 bits per heavy atom. The van der Waals surface area contributed by atoms with E-state index in [1.165, 1.54) is 32.4 Å². The third kappa shape index (κ3) is 5.90. The van der Waals surface area contributed by atoms with Crippen LogP contribution in [0.3, 0.4) is 0 Å². The Kier molecular flexibility index (Phi) is 5.88. The van der Waals surface area contributed by atoms with E-state index in [2.05, 4.69) is 17.3 Å². The first-order valence-corrected chi connectivity index (χ1v) is 6.07. The molecule has 88 valence electrons. The van der Waals surface area contributed by atoms with Gasteiger partial charge in [0.1, 0.15) is 5.78 Å². The Bertz CT molecular complexity index is 194. The molecule has 0 aromatic heterocycles. The molecule has 1 heterocycles. The molecule has 1 fully saturated rings. The number of rotatable bonds is 6. The predicted molar refractivity (Wildman–Crippen MR) is 63.0 cm³/mol. The van der Waals surface area contributed by atoms with Crippen LogP contribution in [0.1, 0.15) is 32.6 Å². The molecule has 0 radical (unpaired) electrons. The minimum absolute atomic E-state index is 0.278. The molecule has 1 unspecified atom stereocenters. The second kappa shape index (κ2) is 6.96. The smallest absolute Gasteiger partial charge is 0.131 e. The van der Waals surface area contributed by atoms with Crippen LogP contribution in [0.4, 0.5) is 0 Å². The van der Waals surface area contributed by atoms with Gasteiger partial charge in [-0.15, -0.1) is 0 Å². The van der Waals surface area contributed by atoms with E-state index in [4.69, 9.17) is 0 Å². The van der Waals surface area contributed by atoms with E-state index < -0.39 is 0 Å². The van der Waals surface area contributed by atoms with Crippen LogP contribution in [0.25, 0.3) is 0 Å². The van der Waals surface area contributed by atoms with E-state index in [9.17, 15) is 4.79 Å². The molecule has 1 rings (SSSR count). The zero-order valence-corrected chi connectivity index (χ0v) is 10.1. The van der Waals surface area contributed by atoms with Gasteiger partial charge in [0.2, 0.25) is 0 Å². The molecule has 1 aliphatic rings. The molecule has 0 aliphatic carbocycles. The summed E-state index contributed by atoms with van der Waals surface area (Å²) in [6, 6.07) is 0. The number of nitrogens with zero attached hydrogens (tertiary/aromatic N) is 1. The van der Waals surface area contributed by atoms with E-state index in [1.54, 1.807) is 6.92 Å². The first-order chi connectivity index (χ1) is 7.18. The number of ketones is 1. The van der Waals surface area contributed by atoms with Crippen LogP contribution in [-0.4, -0.2) is 43.9 Å². The van der Waals surface area contributed by atoms with E-state index in [1.807, 2.05) is 0 Å². The Morgan fingerprint density at radius 3 is 2.93 bits per heavy atom. The molecule has 15 heavy (non-hydrogen) atoms. The quantitative estimate of drug-likeness (QED) is 0.673. The maximum Gasteiger partial charge on any atom is 0.131 e. The van der Waals surface area contributed by atoms with Gasteiger partial charge in [-0.2, -0.15) is 0 Å². The fourth-order valence-corrected chi connectivity index (χ4v) is 2.20. The lowest BCUT2D eigenvalue weighted by molar-refractivity contribution is -0.116. The molecular formula is C12H24N2O. The average molecular weight is 212 g/mol. The number of piperidine rings is 1. The Hall–Kier alpha value is -0.410. The van der Waals surface area contributed by atoms with E-state index in [0.717, 1.165) is 19.0 Å². The largest absolute Gasteiger partial charge is 0.316 e. The zero-order chi connectivity index (χ0) is 11.1. The molecule has 0 aromatic rings.